The first-order valence-corrected chi connectivity index (χ1v) is 3.82. The fraction of sp³-hybridized carbons (Fsp3) is 0. The van der Waals surface area contributed by atoms with Gasteiger partial charge in [-0.1, -0.05) is 0 Å². The van der Waals surface area contributed by atoms with Gasteiger partial charge in [0.1, 0.15) is 4.70 Å². The first-order chi connectivity index (χ1) is 5.70. The topological polar surface area (TPSA) is 99.8 Å². The number of thiazole rings is 1. The molecule has 0 aromatic carbocycles. The summed E-state index contributed by atoms with van der Waals surface area (Å²) in [5, 5.41) is 3.70. The molecule has 2 aromatic rings. The van der Waals surface area contributed by atoms with Crippen LogP contribution in [0.15, 0.2) is 0 Å². The van der Waals surface area contributed by atoms with Crippen molar-refractivity contribution >= 4 is 33.5 Å². The Bertz CT molecular complexity index is 444. The lowest BCUT2D eigenvalue weighted by Crippen LogP contribution is -2.20. The Morgan fingerprint density at radius 1 is 1.67 bits per heavy atom. The third-order valence-corrected chi connectivity index (χ3v) is 2.13. The molecular weight excluding hydrogens is 178 g/mol. The van der Waals surface area contributed by atoms with Crippen LogP contribution < -0.4 is 11.5 Å². The third kappa shape index (κ3) is 0.766. The van der Waals surface area contributed by atoms with Gasteiger partial charge in [-0.25, -0.2) is 9.78 Å². The van der Waals surface area contributed by atoms with Crippen LogP contribution in [0.5, 0.6) is 0 Å². The molecule has 0 aliphatic carbocycles. The molecule has 4 N–H and O–H groups in total. The van der Waals surface area contributed by atoms with E-state index in [4.69, 9.17) is 11.5 Å². The predicted octanol–water partition coefficient (Wildman–Crippen LogP) is -0.198. The summed E-state index contributed by atoms with van der Waals surface area (Å²) in [6, 6.07) is -0.698. The summed E-state index contributed by atoms with van der Waals surface area (Å²) in [6.45, 7) is 0. The average molecular weight is 182 g/mol. The van der Waals surface area contributed by atoms with Crippen molar-refractivity contribution in [1.82, 2.24) is 14.8 Å². The monoisotopic (exact) mass is 182 g/mol. The van der Waals surface area contributed by atoms with Crippen LogP contribution in [0.3, 0.4) is 0 Å². The lowest BCUT2D eigenvalue weighted by Gasteiger charge is -1.89. The Morgan fingerprint density at radius 2 is 2.42 bits per heavy atom. The molecule has 2 rings (SSSR count). The minimum Gasteiger partial charge on any atom is -0.381 e. The smallest absolute Gasteiger partial charge is 0.341 e. The predicted molar refractivity (Wildman–Crippen MR) is 43.6 cm³/mol. The number of fused-ring (bicyclic) bond motifs is 1. The van der Waals surface area contributed by atoms with Gasteiger partial charge in [0.25, 0.3) is 0 Å². The Morgan fingerprint density at radius 3 is 3.08 bits per heavy atom. The van der Waals surface area contributed by atoms with Gasteiger partial charge >= 0.3 is 6.03 Å². The third-order valence-electron chi connectivity index (χ3n) is 1.35. The molecule has 0 aliphatic heterocycles. The van der Waals surface area contributed by atoms with E-state index in [0.29, 0.717) is 10.3 Å². The SMILES string of the molecule is NC(=O)n1nc(N)c2s[c]nc21. The van der Waals surface area contributed by atoms with Crippen LogP contribution in [0.1, 0.15) is 0 Å². The van der Waals surface area contributed by atoms with Crippen LogP contribution in [-0.2, 0) is 0 Å². The van der Waals surface area contributed by atoms with E-state index in [-0.39, 0.29) is 5.82 Å². The van der Waals surface area contributed by atoms with Crippen molar-refractivity contribution in [2.75, 3.05) is 5.73 Å². The average Bonchev–Trinajstić information content (AvgIpc) is 2.53. The highest BCUT2D eigenvalue weighted by Crippen LogP contribution is 2.22. The lowest BCUT2D eigenvalue weighted by atomic mass is 10.6. The molecule has 0 saturated carbocycles. The molecule has 7 heteroatoms. The maximum Gasteiger partial charge on any atom is 0.341 e. The van der Waals surface area contributed by atoms with Gasteiger partial charge in [0, 0.05) is 0 Å². The number of nitrogens with two attached hydrogens (primary N) is 2. The van der Waals surface area contributed by atoms with Gasteiger partial charge in [-0.2, -0.15) is 4.68 Å². The minimum absolute atomic E-state index is 0.252. The van der Waals surface area contributed by atoms with Crippen molar-refractivity contribution in [3.63, 3.8) is 0 Å². The zero-order chi connectivity index (χ0) is 8.72. The zero-order valence-corrected chi connectivity index (χ0v) is 6.63. The summed E-state index contributed by atoms with van der Waals surface area (Å²) < 4.78 is 1.59. The molecule has 2 aromatic heterocycles. The molecule has 1 amide bonds. The van der Waals surface area contributed by atoms with Crippen molar-refractivity contribution in [3.05, 3.63) is 5.51 Å². The molecule has 1 radical (unpaired) electrons. The Balaban J connectivity index is 2.83. The molecule has 0 atom stereocenters. The van der Waals surface area contributed by atoms with E-state index < -0.39 is 6.03 Å². The van der Waals surface area contributed by atoms with Crippen molar-refractivity contribution in [2.24, 2.45) is 5.73 Å². The first-order valence-electron chi connectivity index (χ1n) is 3.01. The fourth-order valence-corrected chi connectivity index (χ4v) is 1.46. The molecular formula is C5H4N5OS. The van der Waals surface area contributed by atoms with Crippen molar-refractivity contribution in [2.45, 2.75) is 0 Å². The highest BCUT2D eigenvalue weighted by atomic mass is 32.1. The summed E-state index contributed by atoms with van der Waals surface area (Å²) in [5.41, 5.74) is 13.4. The molecule has 0 fully saturated rings. The molecule has 12 heavy (non-hydrogen) atoms. The fourth-order valence-electron chi connectivity index (χ4n) is 0.873. The number of nitrogen functional groups attached to an aromatic ring is 1. The maximum atomic E-state index is 10.7. The highest BCUT2D eigenvalue weighted by Gasteiger charge is 2.13. The van der Waals surface area contributed by atoms with Gasteiger partial charge < -0.3 is 11.5 Å². The van der Waals surface area contributed by atoms with Gasteiger partial charge in [0.05, 0.1) is 0 Å². The number of carbonyl (C=O) groups is 1. The number of hydrogen-bond acceptors (Lipinski definition) is 5. The molecule has 0 saturated heterocycles. The largest absolute Gasteiger partial charge is 0.381 e. The molecule has 61 valence electrons. The first kappa shape index (κ1) is 7.04. The quantitative estimate of drug-likeness (QED) is 0.589. The second kappa shape index (κ2) is 2.18. The van der Waals surface area contributed by atoms with E-state index in [1.807, 2.05) is 0 Å². The van der Waals surface area contributed by atoms with Crippen LogP contribution in [-0.4, -0.2) is 20.8 Å². The number of aromatic nitrogens is 3. The number of nitrogens with zero attached hydrogens (tertiary/aromatic N) is 3. The molecule has 0 unspecified atom stereocenters. The van der Waals surface area contributed by atoms with Gasteiger partial charge in [0.15, 0.2) is 17.0 Å². The van der Waals surface area contributed by atoms with Gasteiger partial charge in [-0.3, -0.25) is 0 Å². The van der Waals surface area contributed by atoms with E-state index in [1.165, 1.54) is 11.3 Å². The molecule has 0 spiro atoms. The molecule has 6 nitrogen and oxygen atoms in total. The number of primary amides is 1. The minimum atomic E-state index is -0.698. The summed E-state index contributed by atoms with van der Waals surface area (Å²) in [5.74, 6) is 0.252. The summed E-state index contributed by atoms with van der Waals surface area (Å²) in [7, 11) is 0. The van der Waals surface area contributed by atoms with Crippen LogP contribution in [0.4, 0.5) is 10.6 Å². The number of rotatable bonds is 0. The Labute approximate surface area is 70.8 Å². The lowest BCUT2D eigenvalue weighted by molar-refractivity contribution is 0.248. The standard InChI is InChI=1S/C5H4N5OS/c6-3-2-4(8-1-12-2)10(9-3)5(7)11/h(H2,6,9)(H2,7,11). The van der Waals surface area contributed by atoms with E-state index in [1.54, 1.807) is 0 Å². The number of anilines is 1. The molecule has 0 bridgehead atoms. The van der Waals surface area contributed by atoms with E-state index in [0.717, 1.165) is 4.68 Å². The normalized spacial score (nSPS) is 10.7. The van der Waals surface area contributed by atoms with Crippen LogP contribution >= 0.6 is 11.3 Å². The van der Waals surface area contributed by atoms with E-state index in [2.05, 4.69) is 15.6 Å². The van der Waals surface area contributed by atoms with Crippen LogP contribution in [0.25, 0.3) is 10.3 Å². The second-order valence-electron chi connectivity index (χ2n) is 2.09. The van der Waals surface area contributed by atoms with Gasteiger partial charge in [-0.05, 0) is 0 Å². The van der Waals surface area contributed by atoms with E-state index >= 15 is 0 Å². The van der Waals surface area contributed by atoms with Gasteiger partial charge in [-0.15, -0.1) is 16.4 Å². The highest BCUT2D eigenvalue weighted by molar-refractivity contribution is 7.16. The van der Waals surface area contributed by atoms with Crippen LogP contribution in [0.2, 0.25) is 0 Å². The van der Waals surface area contributed by atoms with E-state index in [9.17, 15) is 4.79 Å². The summed E-state index contributed by atoms with van der Waals surface area (Å²) in [4.78, 5) is 14.5. The maximum absolute atomic E-state index is 10.7. The van der Waals surface area contributed by atoms with Crippen LogP contribution in [0, 0.1) is 5.51 Å². The zero-order valence-electron chi connectivity index (χ0n) is 5.81. The number of carbonyl (C=O) groups excluding carboxylic acids is 1. The molecule has 0 aliphatic rings. The Hall–Kier alpha value is -1.63. The van der Waals surface area contributed by atoms with Crippen molar-refractivity contribution in [3.8, 4) is 0 Å². The summed E-state index contributed by atoms with van der Waals surface area (Å²) in [6.07, 6.45) is 0. The second-order valence-corrected chi connectivity index (χ2v) is 2.89. The van der Waals surface area contributed by atoms with Crippen molar-refractivity contribution in [1.29, 1.82) is 0 Å². The number of hydrogen-bond donors (Lipinski definition) is 2. The number of amides is 1. The Kier molecular flexibility index (Phi) is 1.28. The molecule has 2 heterocycles. The summed E-state index contributed by atoms with van der Waals surface area (Å²) >= 11 is 1.20. The van der Waals surface area contributed by atoms with Gasteiger partial charge in [0.2, 0.25) is 0 Å². The van der Waals surface area contributed by atoms with Crippen molar-refractivity contribution < 1.29 is 4.79 Å².